The second kappa shape index (κ2) is 6.00. The van der Waals surface area contributed by atoms with Crippen molar-refractivity contribution < 1.29 is 4.79 Å². The number of hydrogen-bond donors (Lipinski definition) is 2. The van der Waals surface area contributed by atoms with Crippen molar-refractivity contribution >= 4 is 5.91 Å². The maximum absolute atomic E-state index is 11.9. The van der Waals surface area contributed by atoms with Gasteiger partial charge in [0.2, 0.25) is 0 Å². The van der Waals surface area contributed by atoms with Gasteiger partial charge in [0.05, 0.1) is 5.69 Å². The molecule has 5 heteroatoms. The van der Waals surface area contributed by atoms with E-state index >= 15 is 0 Å². The normalized spacial score (nSPS) is 16.8. The van der Waals surface area contributed by atoms with E-state index in [0.29, 0.717) is 5.69 Å². The second-order valence-corrected chi connectivity index (χ2v) is 5.03. The van der Waals surface area contributed by atoms with Crippen LogP contribution < -0.4 is 10.6 Å². The summed E-state index contributed by atoms with van der Waals surface area (Å²) in [6, 6.07) is 1.82. The molecular weight excluding hydrogens is 228 g/mol. The maximum atomic E-state index is 11.9. The zero-order valence-electron chi connectivity index (χ0n) is 11.2. The Hall–Kier alpha value is -1.36. The third kappa shape index (κ3) is 3.32. The SMILES string of the molecule is Cc1cc(C(=O)NCCC2CCNCC2)n(C)n1. The number of carbonyl (C=O) groups is 1. The monoisotopic (exact) mass is 250 g/mol. The van der Waals surface area contributed by atoms with Gasteiger partial charge in [-0.25, -0.2) is 0 Å². The average molecular weight is 250 g/mol. The van der Waals surface area contributed by atoms with Crippen LogP contribution in [0.15, 0.2) is 6.07 Å². The molecule has 0 bridgehead atoms. The minimum Gasteiger partial charge on any atom is -0.351 e. The third-order valence-corrected chi connectivity index (χ3v) is 3.53. The molecule has 1 aromatic rings. The number of carbonyl (C=O) groups excluding carboxylic acids is 1. The summed E-state index contributed by atoms with van der Waals surface area (Å²) in [6.07, 6.45) is 3.52. The van der Waals surface area contributed by atoms with Crippen LogP contribution in [-0.2, 0) is 7.05 Å². The summed E-state index contributed by atoms with van der Waals surface area (Å²) in [6.45, 7) is 4.87. The zero-order chi connectivity index (χ0) is 13.0. The van der Waals surface area contributed by atoms with E-state index < -0.39 is 0 Å². The van der Waals surface area contributed by atoms with E-state index in [9.17, 15) is 4.79 Å². The van der Waals surface area contributed by atoms with Gasteiger partial charge in [-0.3, -0.25) is 9.48 Å². The van der Waals surface area contributed by atoms with E-state index in [4.69, 9.17) is 0 Å². The number of piperidine rings is 1. The minimum absolute atomic E-state index is 0.0213. The molecule has 0 atom stereocenters. The molecule has 0 spiro atoms. The molecule has 2 rings (SSSR count). The lowest BCUT2D eigenvalue weighted by Crippen LogP contribution is -2.32. The molecule has 5 nitrogen and oxygen atoms in total. The number of nitrogens with zero attached hydrogens (tertiary/aromatic N) is 2. The summed E-state index contributed by atoms with van der Waals surface area (Å²) < 4.78 is 1.63. The molecule has 0 unspecified atom stereocenters. The Balaban J connectivity index is 1.76. The fourth-order valence-electron chi connectivity index (χ4n) is 2.47. The lowest BCUT2D eigenvalue weighted by atomic mass is 9.95. The Kier molecular flexibility index (Phi) is 4.36. The minimum atomic E-state index is -0.0213. The molecule has 18 heavy (non-hydrogen) atoms. The summed E-state index contributed by atoms with van der Waals surface area (Å²) in [5, 5.41) is 10.5. The average Bonchev–Trinajstić information content (AvgIpc) is 2.70. The van der Waals surface area contributed by atoms with Crippen LogP contribution in [0.25, 0.3) is 0 Å². The largest absolute Gasteiger partial charge is 0.351 e. The van der Waals surface area contributed by atoms with Crippen molar-refractivity contribution in [2.24, 2.45) is 13.0 Å². The van der Waals surface area contributed by atoms with Crippen molar-refractivity contribution in [1.82, 2.24) is 20.4 Å². The molecule has 2 heterocycles. The van der Waals surface area contributed by atoms with Crippen LogP contribution in [0, 0.1) is 12.8 Å². The Morgan fingerprint density at radius 2 is 2.28 bits per heavy atom. The summed E-state index contributed by atoms with van der Waals surface area (Å²) in [4.78, 5) is 11.9. The first-order chi connectivity index (χ1) is 8.66. The molecule has 1 saturated heterocycles. The molecule has 1 fully saturated rings. The predicted octanol–water partition coefficient (Wildman–Crippen LogP) is 0.848. The topological polar surface area (TPSA) is 59.0 Å². The maximum Gasteiger partial charge on any atom is 0.269 e. The number of rotatable bonds is 4. The Labute approximate surface area is 108 Å². The molecule has 100 valence electrons. The van der Waals surface area contributed by atoms with Crippen LogP contribution in [0.5, 0.6) is 0 Å². The van der Waals surface area contributed by atoms with Crippen LogP contribution in [0.4, 0.5) is 0 Å². The zero-order valence-corrected chi connectivity index (χ0v) is 11.2. The van der Waals surface area contributed by atoms with Crippen LogP contribution in [-0.4, -0.2) is 35.3 Å². The highest BCUT2D eigenvalue weighted by atomic mass is 16.2. The van der Waals surface area contributed by atoms with Crippen molar-refractivity contribution in [3.8, 4) is 0 Å². The summed E-state index contributed by atoms with van der Waals surface area (Å²) >= 11 is 0. The van der Waals surface area contributed by atoms with Gasteiger partial charge in [-0.1, -0.05) is 0 Å². The van der Waals surface area contributed by atoms with Gasteiger partial charge in [0.15, 0.2) is 0 Å². The molecule has 0 radical (unpaired) electrons. The van der Waals surface area contributed by atoms with Gasteiger partial charge in [-0.2, -0.15) is 5.10 Å². The molecule has 0 aliphatic carbocycles. The summed E-state index contributed by atoms with van der Waals surface area (Å²) in [5.41, 5.74) is 1.51. The standard InChI is InChI=1S/C13H22N4O/c1-10-9-12(17(2)16-10)13(18)15-8-5-11-3-6-14-7-4-11/h9,11,14H,3-8H2,1-2H3,(H,15,18). The Morgan fingerprint density at radius 3 is 2.89 bits per heavy atom. The second-order valence-electron chi connectivity index (χ2n) is 5.03. The van der Waals surface area contributed by atoms with Gasteiger partial charge in [-0.15, -0.1) is 0 Å². The van der Waals surface area contributed by atoms with E-state index in [1.807, 2.05) is 13.0 Å². The van der Waals surface area contributed by atoms with Crippen molar-refractivity contribution in [1.29, 1.82) is 0 Å². The first kappa shape index (κ1) is 13.1. The Morgan fingerprint density at radius 1 is 1.56 bits per heavy atom. The first-order valence-corrected chi connectivity index (χ1v) is 6.66. The van der Waals surface area contributed by atoms with E-state index in [1.165, 1.54) is 12.8 Å². The van der Waals surface area contributed by atoms with Crippen molar-refractivity contribution in [2.75, 3.05) is 19.6 Å². The fraction of sp³-hybridized carbons (Fsp3) is 0.692. The number of hydrogen-bond acceptors (Lipinski definition) is 3. The molecule has 0 saturated carbocycles. The number of aromatic nitrogens is 2. The van der Waals surface area contributed by atoms with Gasteiger partial charge >= 0.3 is 0 Å². The van der Waals surface area contributed by atoms with Gasteiger partial charge in [0.1, 0.15) is 5.69 Å². The predicted molar refractivity (Wildman–Crippen MR) is 70.5 cm³/mol. The number of aryl methyl sites for hydroxylation is 2. The van der Waals surface area contributed by atoms with Gasteiger partial charge < -0.3 is 10.6 Å². The molecule has 0 aromatic carbocycles. The lowest BCUT2D eigenvalue weighted by molar-refractivity contribution is 0.0941. The van der Waals surface area contributed by atoms with Gasteiger partial charge in [-0.05, 0) is 51.3 Å². The van der Waals surface area contributed by atoms with Crippen LogP contribution in [0.1, 0.15) is 35.4 Å². The van der Waals surface area contributed by atoms with E-state index in [0.717, 1.165) is 37.7 Å². The van der Waals surface area contributed by atoms with Crippen molar-refractivity contribution in [3.05, 3.63) is 17.5 Å². The third-order valence-electron chi connectivity index (χ3n) is 3.53. The van der Waals surface area contributed by atoms with E-state index in [2.05, 4.69) is 15.7 Å². The van der Waals surface area contributed by atoms with Crippen LogP contribution >= 0.6 is 0 Å². The quantitative estimate of drug-likeness (QED) is 0.833. The number of nitrogens with one attached hydrogen (secondary N) is 2. The number of amides is 1. The molecule has 1 aromatic heterocycles. The van der Waals surface area contributed by atoms with Crippen molar-refractivity contribution in [2.45, 2.75) is 26.2 Å². The highest BCUT2D eigenvalue weighted by Gasteiger charge is 2.14. The van der Waals surface area contributed by atoms with E-state index in [-0.39, 0.29) is 5.91 Å². The molecule has 1 aliphatic rings. The highest BCUT2D eigenvalue weighted by molar-refractivity contribution is 5.92. The molecule has 2 N–H and O–H groups in total. The van der Waals surface area contributed by atoms with Crippen molar-refractivity contribution in [3.63, 3.8) is 0 Å². The molecule has 1 aliphatic heterocycles. The van der Waals surface area contributed by atoms with E-state index in [1.54, 1.807) is 11.7 Å². The summed E-state index contributed by atoms with van der Waals surface area (Å²) in [7, 11) is 1.80. The smallest absolute Gasteiger partial charge is 0.269 e. The summed E-state index contributed by atoms with van der Waals surface area (Å²) in [5.74, 6) is 0.729. The van der Waals surface area contributed by atoms with Gasteiger partial charge in [0.25, 0.3) is 5.91 Å². The lowest BCUT2D eigenvalue weighted by Gasteiger charge is -2.22. The van der Waals surface area contributed by atoms with Crippen LogP contribution in [0.2, 0.25) is 0 Å². The van der Waals surface area contributed by atoms with Crippen LogP contribution in [0.3, 0.4) is 0 Å². The molecular formula is C13H22N4O. The first-order valence-electron chi connectivity index (χ1n) is 6.66. The van der Waals surface area contributed by atoms with Gasteiger partial charge in [0, 0.05) is 13.6 Å². The molecule has 1 amide bonds. The fourth-order valence-corrected chi connectivity index (χ4v) is 2.47. The Bertz CT molecular complexity index is 407. The highest BCUT2D eigenvalue weighted by Crippen LogP contribution is 2.14.